The molecule has 1 aliphatic rings. The van der Waals surface area contributed by atoms with Crippen molar-refractivity contribution in [3.05, 3.63) is 101 Å². The number of hydrogen-bond acceptors (Lipinski definition) is 2. The van der Waals surface area contributed by atoms with Crippen LogP contribution in [0.4, 0.5) is 0 Å². The van der Waals surface area contributed by atoms with E-state index in [1.165, 1.54) is 4.90 Å². The largest absolute Gasteiger partial charge is 0.269 e. The van der Waals surface area contributed by atoms with Crippen LogP contribution in [0.5, 0.6) is 0 Å². The third-order valence-corrected chi connectivity index (χ3v) is 4.64. The van der Waals surface area contributed by atoms with Crippen LogP contribution in [-0.4, -0.2) is 23.3 Å². The molecule has 0 N–H and O–H groups in total. The molecule has 1 aliphatic heterocycles. The van der Waals surface area contributed by atoms with Gasteiger partial charge in [-0.05, 0) is 23.3 Å². The summed E-state index contributed by atoms with van der Waals surface area (Å²) in [6, 6.07) is 21.1. The van der Waals surface area contributed by atoms with E-state index in [0.29, 0.717) is 24.2 Å². The molecule has 0 spiro atoms. The van der Waals surface area contributed by atoms with Gasteiger partial charge < -0.3 is 0 Å². The number of rotatable bonds is 5. The number of carbonyl (C=O) groups is 2. The molecule has 2 aromatic carbocycles. The Kier molecular flexibility index (Phi) is 4.62. The highest BCUT2D eigenvalue weighted by atomic mass is 16.2. The van der Waals surface area contributed by atoms with E-state index in [-0.39, 0.29) is 11.8 Å². The molecular formula is C23H19N2O2+. The van der Waals surface area contributed by atoms with Crippen molar-refractivity contribution >= 4 is 24.0 Å². The van der Waals surface area contributed by atoms with Crippen LogP contribution in [0.2, 0.25) is 0 Å². The summed E-state index contributed by atoms with van der Waals surface area (Å²) in [5.41, 5.74) is 3.23. The molecule has 0 bridgehead atoms. The van der Waals surface area contributed by atoms with Gasteiger partial charge in [0.05, 0.1) is 17.7 Å². The fourth-order valence-corrected chi connectivity index (χ4v) is 3.14. The van der Waals surface area contributed by atoms with E-state index < -0.39 is 0 Å². The van der Waals surface area contributed by atoms with Crippen LogP contribution < -0.4 is 4.57 Å². The van der Waals surface area contributed by atoms with Gasteiger partial charge in [-0.25, -0.2) is 4.57 Å². The van der Waals surface area contributed by atoms with E-state index in [0.717, 1.165) is 11.1 Å². The zero-order valence-corrected chi connectivity index (χ0v) is 14.8. The maximum Gasteiger partial charge on any atom is 0.261 e. The second-order valence-electron chi connectivity index (χ2n) is 6.42. The normalized spacial score (nSPS) is 13.4. The Bertz CT molecular complexity index is 973. The van der Waals surface area contributed by atoms with Crippen molar-refractivity contribution < 1.29 is 14.2 Å². The van der Waals surface area contributed by atoms with Crippen molar-refractivity contribution in [3.63, 3.8) is 0 Å². The summed E-state index contributed by atoms with van der Waals surface area (Å²) in [6.45, 7) is 0.921. The minimum atomic E-state index is -0.210. The van der Waals surface area contributed by atoms with Gasteiger partial charge in [-0.3, -0.25) is 14.5 Å². The Morgan fingerprint density at radius 3 is 1.81 bits per heavy atom. The smallest absolute Gasteiger partial charge is 0.261 e. The first-order chi connectivity index (χ1) is 13.2. The predicted octanol–water partition coefficient (Wildman–Crippen LogP) is 3.44. The van der Waals surface area contributed by atoms with Crippen molar-refractivity contribution in [1.29, 1.82) is 0 Å². The second-order valence-corrected chi connectivity index (χ2v) is 6.42. The Morgan fingerprint density at radius 2 is 1.22 bits per heavy atom. The number of amides is 2. The fourth-order valence-electron chi connectivity index (χ4n) is 3.14. The topological polar surface area (TPSA) is 41.3 Å². The quantitative estimate of drug-likeness (QED) is 0.520. The number of aromatic nitrogens is 1. The molecule has 4 nitrogen and oxygen atoms in total. The van der Waals surface area contributed by atoms with Crippen LogP contribution in [0.1, 0.15) is 31.8 Å². The van der Waals surface area contributed by atoms with E-state index >= 15 is 0 Å². The molecule has 0 saturated heterocycles. The van der Waals surface area contributed by atoms with E-state index in [4.69, 9.17) is 0 Å². The lowest BCUT2D eigenvalue weighted by Gasteiger charge is -2.11. The maximum atomic E-state index is 12.4. The summed E-state index contributed by atoms with van der Waals surface area (Å²) in [7, 11) is 0. The molecule has 3 aromatic rings. The summed E-state index contributed by atoms with van der Waals surface area (Å²) in [5, 5.41) is 0. The second kappa shape index (κ2) is 7.38. The first kappa shape index (κ1) is 16.9. The molecule has 4 rings (SSSR count). The van der Waals surface area contributed by atoms with E-state index in [1.54, 1.807) is 24.3 Å². The molecule has 0 radical (unpaired) electrons. The minimum absolute atomic E-state index is 0.210. The Labute approximate surface area is 158 Å². The molecule has 0 saturated carbocycles. The first-order valence-corrected chi connectivity index (χ1v) is 8.90. The summed E-state index contributed by atoms with van der Waals surface area (Å²) in [5.74, 6) is -0.419. The van der Waals surface area contributed by atoms with Gasteiger partial charge in [-0.15, -0.1) is 0 Å². The van der Waals surface area contributed by atoms with Gasteiger partial charge in [0.15, 0.2) is 18.9 Å². The van der Waals surface area contributed by atoms with E-state index in [1.807, 2.05) is 47.3 Å². The highest BCUT2D eigenvalue weighted by Gasteiger charge is 2.35. The Balaban J connectivity index is 1.39. The molecule has 27 heavy (non-hydrogen) atoms. The number of nitrogens with zero attached hydrogens (tertiary/aromatic N) is 2. The van der Waals surface area contributed by atoms with Crippen molar-refractivity contribution in [2.45, 2.75) is 6.54 Å². The molecule has 0 atom stereocenters. The third kappa shape index (κ3) is 3.55. The Morgan fingerprint density at radius 1 is 0.704 bits per heavy atom. The number of carbonyl (C=O) groups excluding carboxylic acids is 2. The van der Waals surface area contributed by atoms with Gasteiger partial charge in [-0.2, -0.15) is 0 Å². The summed E-state index contributed by atoms with van der Waals surface area (Å²) < 4.78 is 1.98. The average molecular weight is 355 g/mol. The van der Waals surface area contributed by atoms with Crippen LogP contribution in [0.15, 0.2) is 79.1 Å². The highest BCUT2D eigenvalue weighted by molar-refractivity contribution is 6.21. The molecule has 132 valence electrons. The van der Waals surface area contributed by atoms with Crippen LogP contribution in [-0.2, 0) is 6.54 Å². The van der Waals surface area contributed by atoms with Crippen molar-refractivity contribution in [2.24, 2.45) is 0 Å². The zero-order chi connectivity index (χ0) is 18.6. The highest BCUT2D eigenvalue weighted by Crippen LogP contribution is 2.21. The van der Waals surface area contributed by atoms with Gasteiger partial charge >= 0.3 is 0 Å². The molecule has 0 unspecified atom stereocenters. The SMILES string of the molecule is O=C1c2ccccc2C(=O)N1CC[n+]1ccc(C=Cc2ccccc2)cc1. The molecule has 0 fully saturated rings. The monoisotopic (exact) mass is 355 g/mol. The van der Waals surface area contributed by atoms with Gasteiger partial charge in [0, 0.05) is 12.1 Å². The van der Waals surface area contributed by atoms with Crippen LogP contribution in [0.3, 0.4) is 0 Å². The van der Waals surface area contributed by atoms with Crippen LogP contribution in [0, 0.1) is 0 Å². The molecule has 4 heteroatoms. The standard InChI is InChI=1S/C23H19N2O2/c26-22-20-8-4-5-9-21(20)23(27)25(22)17-16-24-14-12-19(13-15-24)11-10-18-6-2-1-3-7-18/h1-15H,16-17H2/q+1. The van der Waals surface area contributed by atoms with Crippen molar-refractivity contribution in [3.8, 4) is 0 Å². The molecule has 2 amide bonds. The van der Waals surface area contributed by atoms with Gasteiger partial charge in [0.2, 0.25) is 0 Å². The van der Waals surface area contributed by atoms with Crippen LogP contribution in [0.25, 0.3) is 12.2 Å². The number of fused-ring (bicyclic) bond motifs is 1. The predicted molar refractivity (Wildman–Crippen MR) is 104 cm³/mol. The van der Waals surface area contributed by atoms with Crippen molar-refractivity contribution in [2.75, 3.05) is 6.54 Å². The van der Waals surface area contributed by atoms with Gasteiger partial charge in [0.1, 0.15) is 0 Å². The number of imide groups is 1. The van der Waals surface area contributed by atoms with Crippen LogP contribution >= 0.6 is 0 Å². The number of pyridine rings is 1. The lowest BCUT2D eigenvalue weighted by molar-refractivity contribution is -0.695. The summed E-state index contributed by atoms with van der Waals surface area (Å²) >= 11 is 0. The molecule has 1 aromatic heterocycles. The summed E-state index contributed by atoms with van der Waals surface area (Å²) in [6.07, 6.45) is 8.05. The van der Waals surface area contributed by atoms with Crippen molar-refractivity contribution in [1.82, 2.24) is 4.90 Å². The lowest BCUT2D eigenvalue weighted by atomic mass is 10.1. The van der Waals surface area contributed by atoms with E-state index in [9.17, 15) is 9.59 Å². The minimum Gasteiger partial charge on any atom is -0.269 e. The Hall–Kier alpha value is -3.53. The molecule has 2 heterocycles. The third-order valence-electron chi connectivity index (χ3n) is 4.64. The summed E-state index contributed by atoms with van der Waals surface area (Å²) in [4.78, 5) is 26.1. The fraction of sp³-hybridized carbons (Fsp3) is 0.0870. The zero-order valence-electron chi connectivity index (χ0n) is 14.8. The van der Waals surface area contributed by atoms with Gasteiger partial charge in [0.25, 0.3) is 11.8 Å². The molecule has 0 aliphatic carbocycles. The number of benzene rings is 2. The average Bonchev–Trinajstić information content (AvgIpc) is 2.97. The van der Waals surface area contributed by atoms with Gasteiger partial charge in [-0.1, -0.05) is 54.6 Å². The molecular weight excluding hydrogens is 336 g/mol. The van der Waals surface area contributed by atoms with E-state index in [2.05, 4.69) is 24.3 Å². The maximum absolute atomic E-state index is 12.4. The first-order valence-electron chi connectivity index (χ1n) is 8.90. The lowest BCUT2D eigenvalue weighted by Crippen LogP contribution is -2.42. The number of hydrogen-bond donors (Lipinski definition) is 0.